The van der Waals surface area contributed by atoms with Crippen molar-refractivity contribution in [2.45, 2.75) is 43.4 Å². The van der Waals surface area contributed by atoms with Gasteiger partial charge in [-0.2, -0.15) is 5.10 Å². The Morgan fingerprint density at radius 3 is 2.60 bits per heavy atom. The Hall–Kier alpha value is -1.00. The van der Waals surface area contributed by atoms with Crippen molar-refractivity contribution in [3.05, 3.63) is 29.3 Å². The Bertz CT molecular complexity index is 465. The number of carbonyl (C=O) groups excluding carboxylic acids is 1. The molecule has 0 atom stereocenters. The first-order chi connectivity index (χ1) is 9.74. The van der Waals surface area contributed by atoms with Gasteiger partial charge in [-0.15, -0.1) is 11.8 Å². The molecule has 20 heavy (non-hydrogen) atoms. The zero-order valence-corrected chi connectivity index (χ0v) is 13.0. The highest BCUT2D eigenvalue weighted by molar-refractivity contribution is 7.99. The van der Waals surface area contributed by atoms with Crippen LogP contribution in [-0.2, 0) is 4.79 Å². The van der Waals surface area contributed by atoms with Crippen molar-refractivity contribution in [3.63, 3.8) is 0 Å². The molecule has 0 radical (unpaired) electrons. The van der Waals surface area contributed by atoms with Gasteiger partial charge in [0.2, 0.25) is 5.91 Å². The summed E-state index contributed by atoms with van der Waals surface area (Å²) in [6, 6.07) is 7.65. The van der Waals surface area contributed by atoms with Crippen LogP contribution in [-0.4, -0.2) is 17.4 Å². The number of hydrogen-bond acceptors (Lipinski definition) is 3. The minimum absolute atomic E-state index is 0.00969. The summed E-state index contributed by atoms with van der Waals surface area (Å²) in [5, 5.41) is 4.94. The van der Waals surface area contributed by atoms with E-state index in [0.29, 0.717) is 6.42 Å². The minimum atomic E-state index is -0.00969. The molecule has 0 heterocycles. The molecular formula is C15H19ClN2OS. The van der Waals surface area contributed by atoms with Gasteiger partial charge in [-0.3, -0.25) is 4.79 Å². The number of hydrazone groups is 1. The topological polar surface area (TPSA) is 41.5 Å². The summed E-state index contributed by atoms with van der Waals surface area (Å²) in [5.74, 6) is 0.739. The maximum atomic E-state index is 11.7. The molecule has 5 heteroatoms. The van der Waals surface area contributed by atoms with E-state index in [2.05, 4.69) is 10.5 Å². The van der Waals surface area contributed by atoms with Crippen LogP contribution in [0.2, 0.25) is 5.02 Å². The predicted octanol–water partition coefficient (Wildman–Crippen LogP) is 4.26. The molecule has 0 bridgehead atoms. The lowest BCUT2D eigenvalue weighted by Gasteiger charge is -2.11. The number of rotatable bonds is 5. The monoisotopic (exact) mass is 310 g/mol. The molecule has 0 aromatic heterocycles. The molecule has 1 aliphatic rings. The van der Waals surface area contributed by atoms with Gasteiger partial charge in [0.05, 0.1) is 0 Å². The van der Waals surface area contributed by atoms with Crippen molar-refractivity contribution in [3.8, 4) is 0 Å². The summed E-state index contributed by atoms with van der Waals surface area (Å²) in [6.07, 6.45) is 6.20. The molecule has 1 N–H and O–H groups in total. The zero-order chi connectivity index (χ0) is 14.2. The molecule has 3 nitrogen and oxygen atoms in total. The summed E-state index contributed by atoms with van der Waals surface area (Å²) < 4.78 is 0. The molecule has 1 aromatic carbocycles. The number of halogens is 1. The fourth-order valence-corrected chi connectivity index (χ4v) is 3.04. The van der Waals surface area contributed by atoms with Crippen LogP contribution in [0, 0.1) is 0 Å². The van der Waals surface area contributed by atoms with E-state index < -0.39 is 0 Å². The number of carbonyl (C=O) groups is 1. The molecule has 1 aliphatic carbocycles. The molecule has 1 aromatic rings. The highest BCUT2D eigenvalue weighted by Gasteiger charge is 2.07. The van der Waals surface area contributed by atoms with Crippen LogP contribution in [0.25, 0.3) is 0 Å². The van der Waals surface area contributed by atoms with Crippen LogP contribution >= 0.6 is 23.4 Å². The zero-order valence-electron chi connectivity index (χ0n) is 11.4. The minimum Gasteiger partial charge on any atom is -0.273 e. The summed E-state index contributed by atoms with van der Waals surface area (Å²) in [5.41, 5.74) is 3.80. The third-order valence-corrected chi connectivity index (χ3v) is 4.45. The van der Waals surface area contributed by atoms with Crippen LogP contribution in [0.5, 0.6) is 0 Å². The van der Waals surface area contributed by atoms with E-state index in [4.69, 9.17) is 11.6 Å². The van der Waals surface area contributed by atoms with Gasteiger partial charge < -0.3 is 0 Å². The van der Waals surface area contributed by atoms with Crippen molar-refractivity contribution >= 4 is 35.0 Å². The highest BCUT2D eigenvalue weighted by Crippen LogP contribution is 2.20. The lowest BCUT2D eigenvalue weighted by atomic mass is 9.99. The molecule has 0 unspecified atom stereocenters. The summed E-state index contributed by atoms with van der Waals surface area (Å²) in [4.78, 5) is 12.8. The molecular weight excluding hydrogens is 292 g/mol. The fraction of sp³-hybridized carbons (Fsp3) is 0.467. The Morgan fingerprint density at radius 1 is 1.20 bits per heavy atom. The van der Waals surface area contributed by atoms with Gasteiger partial charge in [0.25, 0.3) is 0 Å². The summed E-state index contributed by atoms with van der Waals surface area (Å²) in [7, 11) is 0. The molecule has 0 saturated heterocycles. The Kier molecular flexibility index (Phi) is 6.40. The second-order valence-corrected chi connectivity index (χ2v) is 6.43. The maximum Gasteiger partial charge on any atom is 0.240 e. The largest absolute Gasteiger partial charge is 0.273 e. The number of thioether (sulfide) groups is 1. The van der Waals surface area contributed by atoms with Gasteiger partial charge >= 0.3 is 0 Å². The van der Waals surface area contributed by atoms with Crippen molar-refractivity contribution in [2.24, 2.45) is 5.10 Å². The Balaban J connectivity index is 1.66. The van der Waals surface area contributed by atoms with Gasteiger partial charge in [-0.25, -0.2) is 5.43 Å². The SMILES string of the molecule is O=C(CCSc1ccc(Cl)cc1)NN=C1CCCCC1. The van der Waals surface area contributed by atoms with Crippen molar-refractivity contribution < 1.29 is 4.79 Å². The van der Waals surface area contributed by atoms with Gasteiger partial charge in [-0.05, 0) is 49.9 Å². The van der Waals surface area contributed by atoms with Gasteiger partial charge in [0, 0.05) is 27.8 Å². The maximum absolute atomic E-state index is 11.7. The Labute approximate surface area is 129 Å². The molecule has 2 rings (SSSR count). The number of nitrogens with one attached hydrogen (secondary N) is 1. The van der Waals surface area contributed by atoms with Crippen molar-refractivity contribution in [1.29, 1.82) is 0 Å². The van der Waals surface area contributed by atoms with Gasteiger partial charge in [0.1, 0.15) is 0 Å². The van der Waals surface area contributed by atoms with E-state index in [1.54, 1.807) is 11.8 Å². The van der Waals surface area contributed by atoms with E-state index in [-0.39, 0.29) is 5.91 Å². The molecule has 0 spiro atoms. The van der Waals surface area contributed by atoms with Gasteiger partial charge in [-0.1, -0.05) is 18.0 Å². The van der Waals surface area contributed by atoms with Crippen LogP contribution in [0.1, 0.15) is 38.5 Å². The first-order valence-electron chi connectivity index (χ1n) is 6.97. The van der Waals surface area contributed by atoms with E-state index in [0.717, 1.165) is 34.2 Å². The van der Waals surface area contributed by atoms with Crippen LogP contribution in [0.3, 0.4) is 0 Å². The average Bonchev–Trinajstić information content (AvgIpc) is 2.48. The second kappa shape index (κ2) is 8.32. The standard InChI is InChI=1S/C15H19ClN2OS/c16-12-6-8-14(9-7-12)20-11-10-15(19)18-17-13-4-2-1-3-5-13/h6-9H,1-5,10-11H2,(H,18,19). The number of hydrogen-bond donors (Lipinski definition) is 1. The third kappa shape index (κ3) is 5.55. The number of amides is 1. The third-order valence-electron chi connectivity index (χ3n) is 3.18. The fourth-order valence-electron chi connectivity index (χ4n) is 2.06. The van der Waals surface area contributed by atoms with Crippen molar-refractivity contribution in [1.82, 2.24) is 5.43 Å². The van der Waals surface area contributed by atoms with Gasteiger partial charge in [0.15, 0.2) is 0 Å². The van der Waals surface area contributed by atoms with E-state index in [1.807, 2.05) is 24.3 Å². The first kappa shape index (κ1) is 15.4. The van der Waals surface area contributed by atoms with E-state index >= 15 is 0 Å². The first-order valence-corrected chi connectivity index (χ1v) is 8.33. The van der Waals surface area contributed by atoms with E-state index in [9.17, 15) is 4.79 Å². The quantitative estimate of drug-likeness (QED) is 0.652. The smallest absolute Gasteiger partial charge is 0.240 e. The second-order valence-electron chi connectivity index (χ2n) is 4.83. The lowest BCUT2D eigenvalue weighted by molar-refractivity contribution is -0.120. The lowest BCUT2D eigenvalue weighted by Crippen LogP contribution is -2.20. The molecule has 1 fully saturated rings. The molecule has 1 saturated carbocycles. The van der Waals surface area contributed by atoms with Crippen LogP contribution < -0.4 is 5.43 Å². The van der Waals surface area contributed by atoms with Crippen molar-refractivity contribution in [2.75, 3.05) is 5.75 Å². The van der Waals surface area contributed by atoms with E-state index in [1.165, 1.54) is 19.3 Å². The van der Waals surface area contributed by atoms with Crippen LogP contribution in [0.15, 0.2) is 34.3 Å². The number of benzene rings is 1. The predicted molar refractivity (Wildman–Crippen MR) is 85.5 cm³/mol. The molecule has 0 aliphatic heterocycles. The molecule has 108 valence electrons. The Morgan fingerprint density at radius 2 is 1.90 bits per heavy atom. The molecule has 1 amide bonds. The number of nitrogens with zero attached hydrogens (tertiary/aromatic N) is 1. The summed E-state index contributed by atoms with van der Waals surface area (Å²) in [6.45, 7) is 0. The normalized spacial score (nSPS) is 14.9. The average molecular weight is 311 g/mol. The van der Waals surface area contributed by atoms with Crippen LogP contribution in [0.4, 0.5) is 0 Å². The summed E-state index contributed by atoms with van der Waals surface area (Å²) >= 11 is 7.47. The highest BCUT2D eigenvalue weighted by atomic mass is 35.5.